The summed E-state index contributed by atoms with van der Waals surface area (Å²) >= 11 is 0. The number of hydrogen-bond acceptors (Lipinski definition) is 5. The lowest BCUT2D eigenvalue weighted by Gasteiger charge is -2.32. The topological polar surface area (TPSA) is 73.7 Å². The molecule has 0 saturated carbocycles. The number of aromatic nitrogens is 2. The fourth-order valence-corrected chi connectivity index (χ4v) is 4.75. The minimum atomic E-state index is -0.348. The van der Waals surface area contributed by atoms with Crippen LogP contribution in [0.1, 0.15) is 77.1 Å². The average Bonchev–Trinajstić information content (AvgIpc) is 2.92. The zero-order valence-electron chi connectivity index (χ0n) is 22.7. The second kappa shape index (κ2) is 14.5. The normalized spacial score (nSPS) is 12.0. The minimum absolute atomic E-state index is 0.100. The number of amides is 1. The van der Waals surface area contributed by atoms with Crippen LogP contribution in [-0.2, 0) is 9.53 Å². The van der Waals surface area contributed by atoms with E-state index in [1.807, 2.05) is 54.3 Å². The summed E-state index contributed by atoms with van der Waals surface area (Å²) in [6.07, 6.45) is 7.27. The van der Waals surface area contributed by atoms with Gasteiger partial charge in [0.25, 0.3) is 5.56 Å². The number of unbranched alkanes of at least 4 members (excludes halogenated alkanes) is 4. The van der Waals surface area contributed by atoms with Gasteiger partial charge in [-0.25, -0.2) is 4.98 Å². The van der Waals surface area contributed by atoms with Gasteiger partial charge in [0.15, 0.2) is 0 Å². The number of methoxy groups -OCH3 is 2. The highest BCUT2D eigenvalue weighted by molar-refractivity contribution is 5.79. The maximum Gasteiger partial charge on any atom is 0.266 e. The van der Waals surface area contributed by atoms with Crippen LogP contribution in [-0.4, -0.2) is 47.7 Å². The zero-order valence-corrected chi connectivity index (χ0v) is 22.7. The van der Waals surface area contributed by atoms with Gasteiger partial charge in [0, 0.05) is 26.7 Å². The molecule has 200 valence electrons. The third-order valence-corrected chi connectivity index (χ3v) is 6.76. The lowest BCUT2D eigenvalue weighted by Crippen LogP contribution is -2.39. The van der Waals surface area contributed by atoms with E-state index in [2.05, 4.69) is 6.92 Å². The second-order valence-corrected chi connectivity index (χ2v) is 9.35. The number of ether oxygens (including phenoxy) is 2. The van der Waals surface area contributed by atoms with Crippen LogP contribution in [0, 0.1) is 0 Å². The van der Waals surface area contributed by atoms with E-state index in [0.29, 0.717) is 54.2 Å². The molecule has 0 aliphatic rings. The van der Waals surface area contributed by atoms with Gasteiger partial charge in [0.05, 0.1) is 29.7 Å². The fraction of sp³-hybridized carbons (Fsp3) is 0.500. The molecule has 0 bridgehead atoms. The summed E-state index contributed by atoms with van der Waals surface area (Å²) in [5, 5.41) is 0.546. The molecule has 0 spiro atoms. The van der Waals surface area contributed by atoms with Crippen LogP contribution in [0.3, 0.4) is 0 Å². The maximum absolute atomic E-state index is 13.8. The average molecular weight is 508 g/mol. The van der Waals surface area contributed by atoms with Gasteiger partial charge < -0.3 is 14.4 Å². The Hall–Kier alpha value is -3.19. The molecule has 1 aromatic heterocycles. The molecule has 1 heterocycles. The lowest BCUT2D eigenvalue weighted by atomic mass is 10.1. The van der Waals surface area contributed by atoms with Crippen LogP contribution in [0.15, 0.2) is 53.3 Å². The molecule has 0 N–H and O–H groups in total. The highest BCUT2D eigenvalue weighted by atomic mass is 16.5. The summed E-state index contributed by atoms with van der Waals surface area (Å²) in [7, 11) is 3.28. The molecule has 0 saturated heterocycles. The molecule has 0 aliphatic heterocycles. The molecule has 1 atom stereocenters. The van der Waals surface area contributed by atoms with Gasteiger partial charge in [-0.05, 0) is 55.7 Å². The van der Waals surface area contributed by atoms with E-state index >= 15 is 0 Å². The van der Waals surface area contributed by atoms with E-state index in [4.69, 9.17) is 14.5 Å². The van der Waals surface area contributed by atoms with Crippen molar-refractivity contribution in [3.05, 3.63) is 64.7 Å². The summed E-state index contributed by atoms with van der Waals surface area (Å²) < 4.78 is 12.3. The van der Waals surface area contributed by atoms with E-state index in [0.717, 1.165) is 25.7 Å². The van der Waals surface area contributed by atoms with Crippen LogP contribution in [0.25, 0.3) is 16.6 Å². The molecule has 37 heavy (non-hydrogen) atoms. The van der Waals surface area contributed by atoms with Crippen LogP contribution >= 0.6 is 0 Å². The van der Waals surface area contributed by atoms with Crippen LogP contribution in [0.5, 0.6) is 5.75 Å². The summed E-state index contributed by atoms with van der Waals surface area (Å²) in [5.41, 5.74) is 1.18. The largest absolute Gasteiger partial charge is 0.497 e. The molecule has 3 rings (SSSR count). The van der Waals surface area contributed by atoms with Crippen molar-refractivity contribution in [1.29, 1.82) is 0 Å². The Bertz CT molecular complexity index is 1190. The first-order chi connectivity index (χ1) is 18.0. The Morgan fingerprint density at radius 1 is 0.973 bits per heavy atom. The standard InChI is InChI=1S/C30H41N3O4/c1-5-7-8-9-10-16-28(34)32(21-13-22-36-3)27(6-2)29-31-26-15-12-11-14-25(26)30(35)33(29)23-17-19-24(37-4)20-18-23/h11-12,14-15,17-20,27H,5-10,13,16,21-22H2,1-4H3. The van der Waals surface area contributed by atoms with Gasteiger partial charge in [-0.1, -0.05) is 51.7 Å². The predicted molar refractivity (Wildman–Crippen MR) is 149 cm³/mol. The molecule has 2 aromatic carbocycles. The van der Waals surface area contributed by atoms with E-state index < -0.39 is 0 Å². The first-order valence-electron chi connectivity index (χ1n) is 13.5. The van der Waals surface area contributed by atoms with Crippen LogP contribution < -0.4 is 10.3 Å². The van der Waals surface area contributed by atoms with E-state index in [9.17, 15) is 9.59 Å². The molecule has 3 aromatic rings. The van der Waals surface area contributed by atoms with Crippen molar-refractivity contribution in [1.82, 2.24) is 14.5 Å². The van der Waals surface area contributed by atoms with Crippen LogP contribution in [0.4, 0.5) is 0 Å². The lowest BCUT2D eigenvalue weighted by molar-refractivity contribution is -0.134. The van der Waals surface area contributed by atoms with Crippen molar-refractivity contribution in [3.8, 4) is 11.4 Å². The van der Waals surface area contributed by atoms with Gasteiger partial charge in [-0.3, -0.25) is 14.2 Å². The Labute approximate surface area is 220 Å². The van der Waals surface area contributed by atoms with Crippen molar-refractivity contribution in [2.24, 2.45) is 0 Å². The molecule has 0 fully saturated rings. The first-order valence-corrected chi connectivity index (χ1v) is 13.5. The van der Waals surface area contributed by atoms with Crippen molar-refractivity contribution in [3.63, 3.8) is 0 Å². The molecule has 1 unspecified atom stereocenters. The van der Waals surface area contributed by atoms with Gasteiger partial charge >= 0.3 is 0 Å². The molecule has 7 nitrogen and oxygen atoms in total. The number of rotatable bonds is 15. The number of nitrogens with zero attached hydrogens (tertiary/aromatic N) is 3. The van der Waals surface area contributed by atoms with Crippen molar-refractivity contribution < 1.29 is 14.3 Å². The van der Waals surface area contributed by atoms with E-state index in [1.54, 1.807) is 24.9 Å². The zero-order chi connectivity index (χ0) is 26.6. The second-order valence-electron chi connectivity index (χ2n) is 9.35. The Kier molecular flexibility index (Phi) is 11.1. The Balaban J connectivity index is 2.07. The number of hydrogen-bond donors (Lipinski definition) is 0. The molecule has 0 radical (unpaired) electrons. The van der Waals surface area contributed by atoms with E-state index in [-0.39, 0.29) is 17.5 Å². The van der Waals surface area contributed by atoms with Crippen molar-refractivity contribution in [2.75, 3.05) is 27.4 Å². The number of benzene rings is 2. The predicted octanol–water partition coefficient (Wildman–Crippen LogP) is 6.07. The van der Waals surface area contributed by atoms with Crippen molar-refractivity contribution in [2.45, 2.75) is 71.3 Å². The fourth-order valence-electron chi connectivity index (χ4n) is 4.75. The highest BCUT2D eigenvalue weighted by Crippen LogP contribution is 2.28. The van der Waals surface area contributed by atoms with E-state index in [1.165, 1.54) is 12.8 Å². The van der Waals surface area contributed by atoms with Gasteiger partial charge in [-0.2, -0.15) is 0 Å². The molecular formula is C30H41N3O4. The molecular weight excluding hydrogens is 466 g/mol. The van der Waals surface area contributed by atoms with Crippen LogP contribution in [0.2, 0.25) is 0 Å². The highest BCUT2D eigenvalue weighted by Gasteiger charge is 2.28. The Morgan fingerprint density at radius 3 is 2.38 bits per heavy atom. The number of fused-ring (bicyclic) bond motifs is 1. The Morgan fingerprint density at radius 2 is 1.70 bits per heavy atom. The smallest absolute Gasteiger partial charge is 0.266 e. The van der Waals surface area contributed by atoms with Gasteiger partial charge in [0.2, 0.25) is 5.91 Å². The monoisotopic (exact) mass is 507 g/mol. The number of carbonyl (C=O) groups excluding carboxylic acids is 1. The quantitative estimate of drug-likeness (QED) is 0.233. The number of para-hydroxylation sites is 1. The molecule has 0 aliphatic carbocycles. The summed E-state index contributed by atoms with van der Waals surface area (Å²) in [6, 6.07) is 14.4. The summed E-state index contributed by atoms with van der Waals surface area (Å²) in [5.74, 6) is 1.38. The van der Waals surface area contributed by atoms with Gasteiger partial charge in [-0.15, -0.1) is 0 Å². The summed E-state index contributed by atoms with van der Waals surface area (Å²) in [4.78, 5) is 34.3. The van der Waals surface area contributed by atoms with Crippen molar-refractivity contribution >= 4 is 16.8 Å². The van der Waals surface area contributed by atoms with Gasteiger partial charge in [0.1, 0.15) is 11.6 Å². The SMILES string of the molecule is CCCCCCCC(=O)N(CCCOC)C(CC)c1nc2ccccc2c(=O)n1-c1ccc(OC)cc1. The number of carbonyl (C=O) groups is 1. The molecule has 7 heteroatoms. The third kappa shape index (κ3) is 7.19. The first kappa shape index (κ1) is 28.4. The molecule has 1 amide bonds. The maximum atomic E-state index is 13.8. The summed E-state index contributed by atoms with van der Waals surface area (Å²) in [6.45, 7) is 5.34. The third-order valence-electron chi connectivity index (χ3n) is 6.76. The minimum Gasteiger partial charge on any atom is -0.497 e.